The number of hydroxylamine groups is 2. The molecular weight excluding hydrogens is 372 g/mol. The van der Waals surface area contributed by atoms with Gasteiger partial charge in [0.2, 0.25) is 10.0 Å². The van der Waals surface area contributed by atoms with Gasteiger partial charge in [0.25, 0.3) is 0 Å². The SMILES string of the molecule is O=S(=O)(c1ccccc1)N(CCCN(O)Cc1ccccc1)C1CCCCC1. The van der Waals surface area contributed by atoms with Crippen molar-refractivity contribution in [3.8, 4) is 0 Å². The molecule has 3 rings (SSSR count). The summed E-state index contributed by atoms with van der Waals surface area (Å²) in [7, 11) is -3.52. The fraction of sp³-hybridized carbons (Fsp3) is 0.455. The lowest BCUT2D eigenvalue weighted by Crippen LogP contribution is -2.42. The highest BCUT2D eigenvalue weighted by atomic mass is 32.2. The van der Waals surface area contributed by atoms with Crippen LogP contribution < -0.4 is 0 Å². The molecule has 0 heterocycles. The minimum atomic E-state index is -3.52. The van der Waals surface area contributed by atoms with Crippen LogP contribution in [0.1, 0.15) is 44.1 Å². The van der Waals surface area contributed by atoms with E-state index in [9.17, 15) is 13.6 Å². The van der Waals surface area contributed by atoms with Crippen LogP contribution in [0, 0.1) is 0 Å². The molecule has 0 bridgehead atoms. The van der Waals surface area contributed by atoms with Gasteiger partial charge in [0.05, 0.1) is 4.90 Å². The van der Waals surface area contributed by atoms with Gasteiger partial charge in [-0.1, -0.05) is 67.8 Å². The van der Waals surface area contributed by atoms with Crippen molar-refractivity contribution >= 4 is 10.0 Å². The Balaban J connectivity index is 1.64. The van der Waals surface area contributed by atoms with Crippen molar-refractivity contribution < 1.29 is 13.6 Å². The molecule has 0 atom stereocenters. The van der Waals surface area contributed by atoms with Crippen molar-refractivity contribution in [3.63, 3.8) is 0 Å². The Morgan fingerprint density at radius 1 is 0.857 bits per heavy atom. The minimum absolute atomic E-state index is 0.0558. The summed E-state index contributed by atoms with van der Waals surface area (Å²) in [5, 5.41) is 11.5. The normalized spacial score (nSPS) is 16.0. The Hall–Kier alpha value is -1.73. The second-order valence-electron chi connectivity index (χ2n) is 7.45. The number of hydrogen-bond donors (Lipinski definition) is 1. The second-order valence-corrected chi connectivity index (χ2v) is 9.34. The minimum Gasteiger partial charge on any atom is -0.314 e. The predicted octanol–water partition coefficient (Wildman–Crippen LogP) is 4.29. The fourth-order valence-electron chi connectivity index (χ4n) is 3.88. The summed E-state index contributed by atoms with van der Waals surface area (Å²) >= 11 is 0. The van der Waals surface area contributed by atoms with Crippen LogP contribution in [0.25, 0.3) is 0 Å². The summed E-state index contributed by atoms with van der Waals surface area (Å²) in [4.78, 5) is 0.353. The van der Waals surface area contributed by atoms with Crippen LogP contribution in [0.15, 0.2) is 65.6 Å². The average Bonchev–Trinajstić information content (AvgIpc) is 2.73. The fourth-order valence-corrected chi connectivity index (χ4v) is 5.62. The summed E-state index contributed by atoms with van der Waals surface area (Å²) in [6.45, 7) is 1.30. The van der Waals surface area contributed by atoms with Gasteiger partial charge in [0, 0.05) is 25.7 Å². The lowest BCUT2D eigenvalue weighted by molar-refractivity contribution is -0.100. The van der Waals surface area contributed by atoms with E-state index in [0.717, 1.165) is 31.2 Å². The first kappa shape index (κ1) is 21.0. The molecule has 0 spiro atoms. The molecule has 1 aliphatic rings. The van der Waals surface area contributed by atoms with E-state index in [1.54, 1.807) is 28.6 Å². The number of rotatable bonds is 9. The third-order valence-corrected chi connectivity index (χ3v) is 7.30. The molecule has 1 fully saturated rings. The molecule has 6 heteroatoms. The first-order chi connectivity index (χ1) is 13.6. The number of hydrogen-bond acceptors (Lipinski definition) is 4. The topological polar surface area (TPSA) is 60.9 Å². The van der Waals surface area contributed by atoms with Crippen LogP contribution in [0.4, 0.5) is 0 Å². The molecule has 0 unspecified atom stereocenters. The van der Waals surface area contributed by atoms with Gasteiger partial charge in [-0.05, 0) is 37.0 Å². The summed E-state index contributed by atoms with van der Waals surface area (Å²) in [5.41, 5.74) is 1.03. The van der Waals surface area contributed by atoms with Crippen LogP contribution in [0.2, 0.25) is 0 Å². The van der Waals surface area contributed by atoms with Gasteiger partial charge in [0.1, 0.15) is 0 Å². The third-order valence-electron chi connectivity index (χ3n) is 5.33. The molecule has 0 saturated heterocycles. The van der Waals surface area contributed by atoms with Crippen LogP contribution in [-0.2, 0) is 16.6 Å². The summed E-state index contributed by atoms with van der Waals surface area (Å²) < 4.78 is 28.2. The molecule has 0 radical (unpaired) electrons. The smallest absolute Gasteiger partial charge is 0.243 e. The van der Waals surface area contributed by atoms with E-state index in [4.69, 9.17) is 0 Å². The molecule has 152 valence electrons. The van der Waals surface area contributed by atoms with Crippen LogP contribution in [-0.4, -0.2) is 42.1 Å². The number of sulfonamides is 1. The molecule has 1 saturated carbocycles. The molecule has 2 aromatic rings. The van der Waals surface area contributed by atoms with E-state index in [2.05, 4.69) is 0 Å². The van der Waals surface area contributed by atoms with Gasteiger partial charge in [-0.3, -0.25) is 0 Å². The maximum atomic E-state index is 13.2. The zero-order valence-corrected chi connectivity index (χ0v) is 17.1. The molecule has 28 heavy (non-hydrogen) atoms. The zero-order valence-electron chi connectivity index (χ0n) is 16.3. The lowest BCUT2D eigenvalue weighted by Gasteiger charge is -2.33. The zero-order chi connectivity index (χ0) is 19.8. The third kappa shape index (κ3) is 5.64. The molecule has 1 N–H and O–H groups in total. The predicted molar refractivity (Wildman–Crippen MR) is 110 cm³/mol. The molecule has 0 amide bonds. The highest BCUT2D eigenvalue weighted by molar-refractivity contribution is 7.89. The first-order valence-electron chi connectivity index (χ1n) is 10.1. The van der Waals surface area contributed by atoms with Gasteiger partial charge in [-0.25, -0.2) is 8.42 Å². The van der Waals surface area contributed by atoms with E-state index < -0.39 is 10.0 Å². The number of benzene rings is 2. The quantitative estimate of drug-likeness (QED) is 0.636. The van der Waals surface area contributed by atoms with Gasteiger partial charge in [0.15, 0.2) is 0 Å². The Morgan fingerprint density at radius 2 is 1.46 bits per heavy atom. The van der Waals surface area contributed by atoms with E-state index in [0.29, 0.717) is 31.0 Å². The summed E-state index contributed by atoms with van der Waals surface area (Å²) in [5.74, 6) is 0. The largest absolute Gasteiger partial charge is 0.314 e. The van der Waals surface area contributed by atoms with Gasteiger partial charge in [-0.15, -0.1) is 0 Å². The van der Waals surface area contributed by atoms with Gasteiger partial charge < -0.3 is 5.21 Å². The molecule has 2 aromatic carbocycles. The Bertz CT molecular complexity index is 806. The van der Waals surface area contributed by atoms with Crippen molar-refractivity contribution in [2.75, 3.05) is 13.1 Å². The summed E-state index contributed by atoms with van der Waals surface area (Å²) in [6.07, 6.45) is 5.75. The van der Waals surface area contributed by atoms with Crippen LogP contribution in [0.5, 0.6) is 0 Å². The van der Waals surface area contributed by atoms with Gasteiger partial charge in [-0.2, -0.15) is 9.37 Å². The monoisotopic (exact) mass is 402 g/mol. The molecule has 0 aromatic heterocycles. The first-order valence-corrected chi connectivity index (χ1v) is 11.6. The van der Waals surface area contributed by atoms with Crippen molar-refractivity contribution in [3.05, 3.63) is 66.2 Å². The van der Waals surface area contributed by atoms with Crippen molar-refractivity contribution in [2.45, 2.75) is 56.0 Å². The second kappa shape index (κ2) is 10.2. The standard InChI is InChI=1S/C22H30N2O3S/c25-23(19-20-11-4-1-5-12-20)17-10-18-24(21-13-6-2-7-14-21)28(26,27)22-15-8-3-9-16-22/h1,3-5,8-9,11-12,15-16,21,25H,2,6-7,10,13-14,17-19H2. The van der Waals surface area contributed by atoms with Crippen molar-refractivity contribution in [1.82, 2.24) is 9.37 Å². The van der Waals surface area contributed by atoms with Crippen molar-refractivity contribution in [2.24, 2.45) is 0 Å². The molecular formula is C22H30N2O3S. The Labute approximate surface area is 168 Å². The van der Waals surface area contributed by atoms with E-state index in [-0.39, 0.29) is 6.04 Å². The Morgan fingerprint density at radius 3 is 2.11 bits per heavy atom. The lowest BCUT2D eigenvalue weighted by atomic mass is 9.95. The van der Waals surface area contributed by atoms with E-state index >= 15 is 0 Å². The molecule has 0 aliphatic heterocycles. The van der Waals surface area contributed by atoms with Crippen molar-refractivity contribution in [1.29, 1.82) is 0 Å². The van der Waals surface area contributed by atoms with Crippen LogP contribution in [0.3, 0.4) is 0 Å². The number of nitrogens with zero attached hydrogens (tertiary/aromatic N) is 2. The van der Waals surface area contributed by atoms with E-state index in [1.807, 2.05) is 36.4 Å². The summed E-state index contributed by atoms with van der Waals surface area (Å²) in [6, 6.07) is 18.5. The van der Waals surface area contributed by atoms with Crippen LogP contribution >= 0.6 is 0 Å². The Kier molecular flexibility index (Phi) is 7.62. The maximum Gasteiger partial charge on any atom is 0.243 e. The van der Waals surface area contributed by atoms with Gasteiger partial charge >= 0.3 is 0 Å². The van der Waals surface area contributed by atoms with E-state index in [1.165, 1.54) is 11.5 Å². The highest BCUT2D eigenvalue weighted by Gasteiger charge is 2.31. The molecule has 5 nitrogen and oxygen atoms in total. The maximum absolute atomic E-state index is 13.2. The highest BCUT2D eigenvalue weighted by Crippen LogP contribution is 2.28. The average molecular weight is 403 g/mol. The molecule has 1 aliphatic carbocycles.